The molecule has 0 aliphatic heterocycles. The Bertz CT molecular complexity index is 216. The van der Waals surface area contributed by atoms with Gasteiger partial charge >= 0.3 is 5.97 Å². The van der Waals surface area contributed by atoms with Gasteiger partial charge < -0.3 is 32.9 Å². The van der Waals surface area contributed by atoms with E-state index in [1.807, 2.05) is 0 Å². The third-order valence-electron chi connectivity index (χ3n) is 2.15. The SMILES string of the molecule is CC(C)(S)[C@@H](N)C(=O)O.NCCNCCNCCN. The second-order valence-corrected chi connectivity index (χ2v) is 5.70. The molecule has 0 bridgehead atoms. The normalized spacial score (nSPS) is 12.5. The van der Waals surface area contributed by atoms with Gasteiger partial charge in [0.1, 0.15) is 6.04 Å². The van der Waals surface area contributed by atoms with Gasteiger partial charge in [0.15, 0.2) is 0 Å². The van der Waals surface area contributed by atoms with Crippen LogP contribution in [0.3, 0.4) is 0 Å². The number of thiol groups is 1. The van der Waals surface area contributed by atoms with Crippen LogP contribution < -0.4 is 27.8 Å². The molecule has 0 aromatic heterocycles. The molecule has 0 radical (unpaired) electrons. The molecule has 9 N–H and O–H groups in total. The molecule has 7 nitrogen and oxygen atoms in total. The fraction of sp³-hybridized carbons (Fsp3) is 0.909. The van der Waals surface area contributed by atoms with E-state index in [0.717, 1.165) is 26.2 Å². The van der Waals surface area contributed by atoms with Crippen LogP contribution in [0.1, 0.15) is 13.8 Å². The maximum Gasteiger partial charge on any atom is 0.321 e. The standard InChI is InChI=1S/C6H18N4.C5H11NO2S/c7-1-3-9-5-6-10-4-2-8;1-5(2,9)3(6)4(7)8/h9-10H,1-8H2;3,9H,6H2,1-2H3,(H,7,8)/t;3-/m.0/s1. The van der Waals surface area contributed by atoms with Crippen molar-refractivity contribution in [3.63, 3.8) is 0 Å². The molecular formula is C11H29N5O2S. The van der Waals surface area contributed by atoms with Crippen LogP contribution in [0.2, 0.25) is 0 Å². The molecule has 0 saturated heterocycles. The molecule has 19 heavy (non-hydrogen) atoms. The lowest BCUT2D eigenvalue weighted by Crippen LogP contribution is -2.45. The molecular weight excluding hydrogens is 266 g/mol. The number of aliphatic carboxylic acids is 1. The molecule has 0 unspecified atom stereocenters. The summed E-state index contributed by atoms with van der Waals surface area (Å²) in [5.41, 5.74) is 15.8. The molecule has 0 heterocycles. The van der Waals surface area contributed by atoms with E-state index in [-0.39, 0.29) is 0 Å². The van der Waals surface area contributed by atoms with E-state index in [1.165, 1.54) is 0 Å². The number of rotatable bonds is 9. The third kappa shape index (κ3) is 15.6. The Kier molecular flexibility index (Phi) is 13.9. The van der Waals surface area contributed by atoms with E-state index < -0.39 is 16.8 Å². The molecule has 0 saturated carbocycles. The van der Waals surface area contributed by atoms with Gasteiger partial charge in [-0.2, -0.15) is 12.6 Å². The van der Waals surface area contributed by atoms with Crippen LogP contribution in [0.5, 0.6) is 0 Å². The van der Waals surface area contributed by atoms with Crippen LogP contribution >= 0.6 is 12.6 Å². The first-order chi connectivity index (χ1) is 8.77. The number of carbonyl (C=O) groups is 1. The zero-order valence-corrected chi connectivity index (χ0v) is 12.7. The van der Waals surface area contributed by atoms with Gasteiger partial charge in [-0.3, -0.25) is 4.79 Å². The molecule has 0 aliphatic rings. The van der Waals surface area contributed by atoms with E-state index in [4.69, 9.17) is 22.3 Å². The van der Waals surface area contributed by atoms with Gasteiger partial charge in [-0.1, -0.05) is 0 Å². The summed E-state index contributed by atoms with van der Waals surface area (Å²) >= 11 is 3.98. The highest BCUT2D eigenvalue weighted by Crippen LogP contribution is 2.15. The van der Waals surface area contributed by atoms with Gasteiger partial charge in [-0.25, -0.2) is 0 Å². The average molecular weight is 295 g/mol. The highest BCUT2D eigenvalue weighted by atomic mass is 32.1. The van der Waals surface area contributed by atoms with Crippen molar-refractivity contribution in [3.05, 3.63) is 0 Å². The van der Waals surface area contributed by atoms with Gasteiger partial charge in [0.25, 0.3) is 0 Å². The van der Waals surface area contributed by atoms with Crippen molar-refractivity contribution in [2.75, 3.05) is 39.3 Å². The maximum atomic E-state index is 10.2. The summed E-state index contributed by atoms with van der Waals surface area (Å²) in [6.07, 6.45) is 0. The lowest BCUT2D eigenvalue weighted by molar-refractivity contribution is -0.139. The topological polar surface area (TPSA) is 139 Å². The summed E-state index contributed by atoms with van der Waals surface area (Å²) in [5.74, 6) is -1.02. The summed E-state index contributed by atoms with van der Waals surface area (Å²) in [4.78, 5) is 10.2. The fourth-order valence-electron chi connectivity index (χ4n) is 0.933. The van der Waals surface area contributed by atoms with E-state index in [2.05, 4.69) is 23.3 Å². The van der Waals surface area contributed by atoms with Gasteiger partial charge in [0.2, 0.25) is 0 Å². The number of carboxylic acids is 1. The van der Waals surface area contributed by atoms with Crippen LogP contribution in [0.25, 0.3) is 0 Å². The van der Waals surface area contributed by atoms with Crippen LogP contribution in [0, 0.1) is 0 Å². The summed E-state index contributed by atoms with van der Waals surface area (Å²) in [6, 6.07) is -0.902. The highest BCUT2D eigenvalue weighted by Gasteiger charge is 2.27. The fourth-order valence-corrected chi connectivity index (χ4v) is 1.04. The molecule has 0 aromatic carbocycles. The van der Waals surface area contributed by atoms with Crippen molar-refractivity contribution in [1.29, 1.82) is 0 Å². The molecule has 1 atom stereocenters. The van der Waals surface area contributed by atoms with E-state index in [0.29, 0.717) is 13.1 Å². The monoisotopic (exact) mass is 295 g/mol. The maximum absolute atomic E-state index is 10.2. The van der Waals surface area contributed by atoms with E-state index in [1.54, 1.807) is 13.8 Å². The minimum absolute atomic E-state index is 0.647. The Morgan fingerprint density at radius 1 is 1.16 bits per heavy atom. The van der Waals surface area contributed by atoms with Gasteiger partial charge in [-0.05, 0) is 13.8 Å². The first-order valence-electron chi connectivity index (χ1n) is 6.29. The number of carboxylic acid groups (broad SMARTS) is 1. The molecule has 116 valence electrons. The second kappa shape index (κ2) is 12.6. The van der Waals surface area contributed by atoms with Gasteiger partial charge in [0.05, 0.1) is 0 Å². The van der Waals surface area contributed by atoms with Crippen molar-refractivity contribution in [3.8, 4) is 0 Å². The number of nitrogens with one attached hydrogen (secondary N) is 2. The molecule has 0 fully saturated rings. The van der Waals surface area contributed by atoms with Crippen molar-refractivity contribution < 1.29 is 9.90 Å². The molecule has 8 heteroatoms. The Balaban J connectivity index is 0. The molecule has 0 aliphatic carbocycles. The number of hydrogen-bond donors (Lipinski definition) is 7. The highest BCUT2D eigenvalue weighted by molar-refractivity contribution is 7.81. The Morgan fingerprint density at radius 2 is 1.53 bits per heavy atom. The summed E-state index contributed by atoms with van der Waals surface area (Å²) < 4.78 is -0.647. The smallest absolute Gasteiger partial charge is 0.321 e. The van der Waals surface area contributed by atoms with Crippen molar-refractivity contribution >= 4 is 18.6 Å². The van der Waals surface area contributed by atoms with Crippen LogP contribution in [0.4, 0.5) is 0 Å². The average Bonchev–Trinajstić information content (AvgIpc) is 2.32. The second-order valence-electron chi connectivity index (χ2n) is 4.55. The molecule has 0 amide bonds. The first kappa shape index (κ1) is 20.9. The molecule has 0 rings (SSSR count). The minimum Gasteiger partial charge on any atom is -0.480 e. The van der Waals surface area contributed by atoms with Crippen LogP contribution in [0.15, 0.2) is 0 Å². The van der Waals surface area contributed by atoms with E-state index >= 15 is 0 Å². The Labute approximate surface area is 121 Å². The quantitative estimate of drug-likeness (QED) is 0.196. The van der Waals surface area contributed by atoms with E-state index in [9.17, 15) is 4.79 Å². The summed E-state index contributed by atoms with van der Waals surface area (Å²) in [5, 5.41) is 14.7. The lowest BCUT2D eigenvalue weighted by Gasteiger charge is -2.21. The van der Waals surface area contributed by atoms with Gasteiger partial charge in [-0.15, -0.1) is 0 Å². The zero-order chi connectivity index (χ0) is 15.3. The molecule has 0 spiro atoms. The van der Waals surface area contributed by atoms with Crippen molar-refractivity contribution in [2.45, 2.75) is 24.6 Å². The summed E-state index contributed by atoms with van der Waals surface area (Å²) in [6.45, 7) is 8.46. The third-order valence-corrected chi connectivity index (χ3v) is 2.43. The van der Waals surface area contributed by atoms with Crippen molar-refractivity contribution in [1.82, 2.24) is 10.6 Å². The van der Waals surface area contributed by atoms with Crippen LogP contribution in [-0.4, -0.2) is 61.1 Å². The lowest BCUT2D eigenvalue weighted by atomic mass is 10.1. The minimum atomic E-state index is -1.02. The van der Waals surface area contributed by atoms with Crippen LogP contribution in [-0.2, 0) is 4.79 Å². The first-order valence-corrected chi connectivity index (χ1v) is 6.74. The number of hydrogen-bond acceptors (Lipinski definition) is 7. The zero-order valence-electron chi connectivity index (χ0n) is 11.9. The Hall–Kier alpha value is -0.380. The predicted octanol–water partition coefficient (Wildman–Crippen LogP) is -1.81. The Morgan fingerprint density at radius 3 is 1.68 bits per heavy atom. The molecule has 0 aromatic rings. The van der Waals surface area contributed by atoms with Crippen molar-refractivity contribution in [2.24, 2.45) is 17.2 Å². The number of nitrogens with two attached hydrogens (primary N) is 3. The largest absolute Gasteiger partial charge is 0.480 e. The summed E-state index contributed by atoms with van der Waals surface area (Å²) in [7, 11) is 0. The predicted molar refractivity (Wildman–Crippen MR) is 82.5 cm³/mol. The van der Waals surface area contributed by atoms with Gasteiger partial charge in [0, 0.05) is 44.0 Å².